The van der Waals surface area contributed by atoms with E-state index in [0.717, 1.165) is 30.7 Å². The largest absolute Gasteiger partial charge is 0.480 e. The van der Waals surface area contributed by atoms with Crippen LogP contribution in [0.3, 0.4) is 0 Å². The number of carbonyl (C=O) groups is 1. The molecule has 0 spiro atoms. The minimum atomic E-state index is -0.374. The summed E-state index contributed by atoms with van der Waals surface area (Å²) in [6.45, 7) is 2.84. The van der Waals surface area contributed by atoms with Crippen LogP contribution in [0.2, 0.25) is 0 Å². The Labute approximate surface area is 130 Å². The fourth-order valence-electron chi connectivity index (χ4n) is 3.60. The summed E-state index contributed by atoms with van der Waals surface area (Å²) in [6, 6.07) is 7.89. The molecular formula is C17H21NO4. The van der Waals surface area contributed by atoms with Crippen molar-refractivity contribution in [1.82, 2.24) is 4.90 Å². The zero-order chi connectivity index (χ0) is 14.9. The summed E-state index contributed by atoms with van der Waals surface area (Å²) in [5.74, 6) is 1.22. The molecule has 0 radical (unpaired) electrons. The molecule has 22 heavy (non-hydrogen) atoms. The Hall–Kier alpha value is -1.59. The van der Waals surface area contributed by atoms with Gasteiger partial charge in [-0.15, -0.1) is 0 Å². The van der Waals surface area contributed by atoms with Crippen LogP contribution < -0.4 is 4.74 Å². The van der Waals surface area contributed by atoms with E-state index >= 15 is 0 Å². The van der Waals surface area contributed by atoms with Crippen LogP contribution in [0.15, 0.2) is 24.3 Å². The summed E-state index contributed by atoms with van der Waals surface area (Å²) >= 11 is 0. The Morgan fingerprint density at radius 2 is 2.00 bits per heavy atom. The molecule has 0 bridgehead atoms. The topological polar surface area (TPSA) is 48.0 Å². The summed E-state index contributed by atoms with van der Waals surface area (Å²) in [6.07, 6.45) is 2.21. The number of fused-ring (bicyclic) bond motifs is 1. The number of hydrogen-bond donors (Lipinski definition) is 0. The second-order valence-electron chi connectivity index (χ2n) is 6.21. The fourth-order valence-corrected chi connectivity index (χ4v) is 3.60. The molecule has 1 aromatic rings. The molecule has 1 aromatic carbocycles. The van der Waals surface area contributed by atoms with E-state index in [1.807, 2.05) is 29.2 Å². The zero-order valence-electron chi connectivity index (χ0n) is 12.6. The van der Waals surface area contributed by atoms with Crippen LogP contribution in [0.1, 0.15) is 18.4 Å². The predicted molar refractivity (Wildman–Crippen MR) is 79.6 cm³/mol. The van der Waals surface area contributed by atoms with Gasteiger partial charge in [0.1, 0.15) is 5.75 Å². The first-order valence-electron chi connectivity index (χ1n) is 8.08. The molecule has 2 saturated heterocycles. The third kappa shape index (κ3) is 2.59. The summed E-state index contributed by atoms with van der Waals surface area (Å²) in [5.41, 5.74) is 1.12. The van der Waals surface area contributed by atoms with Crippen molar-refractivity contribution in [2.75, 3.05) is 26.3 Å². The fraction of sp³-hybridized carbons (Fsp3) is 0.588. The lowest BCUT2D eigenvalue weighted by Crippen LogP contribution is -2.48. The number of carbonyl (C=O) groups excluding carboxylic acids is 1. The van der Waals surface area contributed by atoms with E-state index in [0.29, 0.717) is 26.2 Å². The highest BCUT2D eigenvalue weighted by molar-refractivity contribution is 5.82. The Balaban J connectivity index is 1.40. The van der Waals surface area contributed by atoms with Gasteiger partial charge in [0.25, 0.3) is 5.91 Å². The van der Waals surface area contributed by atoms with Crippen molar-refractivity contribution >= 4 is 5.91 Å². The second kappa shape index (κ2) is 5.89. The smallest absolute Gasteiger partial charge is 0.264 e. The first-order valence-corrected chi connectivity index (χ1v) is 8.08. The molecule has 2 unspecified atom stereocenters. The highest BCUT2D eigenvalue weighted by Crippen LogP contribution is 2.31. The number of hydrogen-bond acceptors (Lipinski definition) is 4. The molecule has 0 saturated carbocycles. The van der Waals surface area contributed by atoms with Crippen molar-refractivity contribution < 1.29 is 19.0 Å². The van der Waals surface area contributed by atoms with Gasteiger partial charge >= 0.3 is 0 Å². The molecular weight excluding hydrogens is 282 g/mol. The maximum atomic E-state index is 12.7. The Kier molecular flexibility index (Phi) is 3.76. The Bertz CT molecular complexity index is 530. The van der Waals surface area contributed by atoms with Gasteiger partial charge in [-0.25, -0.2) is 0 Å². The molecule has 0 aromatic heterocycles. The van der Waals surface area contributed by atoms with E-state index in [1.54, 1.807) is 0 Å². The molecule has 4 rings (SSSR count). The van der Waals surface area contributed by atoms with E-state index < -0.39 is 0 Å². The quantitative estimate of drug-likeness (QED) is 0.833. The Morgan fingerprint density at radius 1 is 1.18 bits per heavy atom. The first-order chi connectivity index (χ1) is 10.8. The highest BCUT2D eigenvalue weighted by Gasteiger charge is 2.37. The maximum Gasteiger partial charge on any atom is 0.264 e. The third-order valence-electron chi connectivity index (χ3n) is 4.72. The van der Waals surface area contributed by atoms with E-state index in [9.17, 15) is 4.79 Å². The van der Waals surface area contributed by atoms with Gasteiger partial charge in [0.15, 0.2) is 12.4 Å². The van der Waals surface area contributed by atoms with Crippen molar-refractivity contribution in [1.29, 1.82) is 0 Å². The van der Waals surface area contributed by atoms with Crippen molar-refractivity contribution in [3.63, 3.8) is 0 Å². The number of likely N-dealkylation sites (tertiary alicyclic amines) is 1. The summed E-state index contributed by atoms with van der Waals surface area (Å²) in [5, 5.41) is 0. The SMILES string of the molecule is O=C(C1Cc2ccccc2O1)N1CCCC(C2OCCO2)C1. The lowest BCUT2D eigenvalue weighted by atomic mass is 9.96. The lowest BCUT2D eigenvalue weighted by Gasteiger charge is -2.35. The average molecular weight is 303 g/mol. The molecule has 5 nitrogen and oxygen atoms in total. The number of rotatable bonds is 2. The molecule has 0 N–H and O–H groups in total. The summed E-state index contributed by atoms with van der Waals surface area (Å²) in [4.78, 5) is 14.7. The predicted octanol–water partition coefficient (Wildman–Crippen LogP) is 1.60. The van der Waals surface area contributed by atoms with Crippen LogP contribution in [-0.4, -0.2) is 49.5 Å². The van der Waals surface area contributed by atoms with Gasteiger partial charge in [-0.3, -0.25) is 4.79 Å². The number of nitrogens with zero attached hydrogens (tertiary/aromatic N) is 1. The number of amides is 1. The van der Waals surface area contributed by atoms with Crippen LogP contribution in [0.5, 0.6) is 5.75 Å². The van der Waals surface area contributed by atoms with Crippen molar-refractivity contribution in [2.45, 2.75) is 31.7 Å². The van der Waals surface area contributed by atoms with E-state index in [2.05, 4.69) is 0 Å². The molecule has 3 aliphatic heterocycles. The number of para-hydroxylation sites is 1. The lowest BCUT2D eigenvalue weighted by molar-refractivity contribution is -0.145. The molecule has 118 valence electrons. The van der Waals surface area contributed by atoms with Crippen LogP contribution in [-0.2, 0) is 20.7 Å². The van der Waals surface area contributed by atoms with E-state index in [1.165, 1.54) is 0 Å². The van der Waals surface area contributed by atoms with Crippen molar-refractivity contribution in [3.05, 3.63) is 29.8 Å². The molecule has 2 fully saturated rings. The minimum absolute atomic E-state index is 0.0962. The normalized spacial score (nSPS) is 28.5. The molecule has 2 atom stereocenters. The first kappa shape index (κ1) is 14.0. The monoisotopic (exact) mass is 303 g/mol. The van der Waals surface area contributed by atoms with Crippen LogP contribution >= 0.6 is 0 Å². The summed E-state index contributed by atoms with van der Waals surface area (Å²) < 4.78 is 17.0. The van der Waals surface area contributed by atoms with Crippen LogP contribution in [0, 0.1) is 5.92 Å². The van der Waals surface area contributed by atoms with Gasteiger partial charge < -0.3 is 19.1 Å². The van der Waals surface area contributed by atoms with Gasteiger partial charge in [0, 0.05) is 25.4 Å². The van der Waals surface area contributed by atoms with Gasteiger partial charge in [0.2, 0.25) is 0 Å². The molecule has 5 heteroatoms. The number of piperidine rings is 1. The molecule has 1 amide bonds. The zero-order valence-corrected chi connectivity index (χ0v) is 12.6. The van der Waals surface area contributed by atoms with Crippen LogP contribution in [0.25, 0.3) is 0 Å². The second-order valence-corrected chi connectivity index (χ2v) is 6.21. The van der Waals surface area contributed by atoms with Crippen molar-refractivity contribution in [2.24, 2.45) is 5.92 Å². The van der Waals surface area contributed by atoms with Crippen LogP contribution in [0.4, 0.5) is 0 Å². The van der Waals surface area contributed by atoms with Gasteiger partial charge in [-0.2, -0.15) is 0 Å². The highest BCUT2D eigenvalue weighted by atomic mass is 16.7. The minimum Gasteiger partial charge on any atom is -0.480 e. The summed E-state index contributed by atoms with van der Waals surface area (Å²) in [7, 11) is 0. The maximum absolute atomic E-state index is 12.7. The number of benzene rings is 1. The molecule has 3 aliphatic rings. The number of ether oxygens (including phenoxy) is 3. The molecule has 3 heterocycles. The van der Waals surface area contributed by atoms with Gasteiger partial charge in [-0.05, 0) is 24.5 Å². The van der Waals surface area contributed by atoms with E-state index in [4.69, 9.17) is 14.2 Å². The Morgan fingerprint density at radius 3 is 2.82 bits per heavy atom. The van der Waals surface area contributed by atoms with Gasteiger partial charge in [0.05, 0.1) is 13.2 Å². The van der Waals surface area contributed by atoms with E-state index in [-0.39, 0.29) is 24.2 Å². The van der Waals surface area contributed by atoms with Crippen molar-refractivity contribution in [3.8, 4) is 5.75 Å². The molecule has 0 aliphatic carbocycles. The van der Waals surface area contributed by atoms with Gasteiger partial charge in [-0.1, -0.05) is 18.2 Å². The third-order valence-corrected chi connectivity index (χ3v) is 4.72. The average Bonchev–Trinajstić information content (AvgIpc) is 3.23. The standard InChI is InChI=1S/C17H21NO4/c19-16(15-10-12-4-1-2-6-14(12)22-15)18-7-3-5-13(11-18)17-20-8-9-21-17/h1-2,4,6,13,15,17H,3,5,7-11H2.